The minimum atomic E-state index is -4.49. The van der Waals surface area contributed by atoms with E-state index >= 15 is 0 Å². The number of nitrogens with zero attached hydrogens (tertiary/aromatic N) is 3. The number of hydrazone groups is 1. The van der Waals surface area contributed by atoms with E-state index in [0.717, 1.165) is 30.4 Å². The van der Waals surface area contributed by atoms with Crippen LogP contribution in [0.15, 0.2) is 41.6 Å². The molecule has 2 aromatic rings. The van der Waals surface area contributed by atoms with Crippen molar-refractivity contribution >= 4 is 29.3 Å². The maximum Gasteiger partial charge on any atom is 0.417 e. The Morgan fingerprint density at radius 1 is 1.19 bits per heavy atom. The van der Waals surface area contributed by atoms with E-state index in [0.29, 0.717) is 19.4 Å². The van der Waals surface area contributed by atoms with Crippen LogP contribution in [0.2, 0.25) is 5.02 Å². The van der Waals surface area contributed by atoms with E-state index < -0.39 is 11.7 Å². The molecule has 0 bridgehead atoms. The third-order valence-electron chi connectivity index (χ3n) is 3.82. The lowest BCUT2D eigenvalue weighted by Crippen LogP contribution is -2.36. The van der Waals surface area contributed by atoms with Gasteiger partial charge in [0, 0.05) is 25.0 Å². The van der Waals surface area contributed by atoms with E-state index in [1.54, 1.807) is 6.21 Å². The fraction of sp³-hybridized carbons (Fsp3) is 0.294. The summed E-state index contributed by atoms with van der Waals surface area (Å²) in [5.41, 5.74) is 3.58. The standard InChI is InChI=1S/C17H16ClF3N4O/c18-15-9-13(17(19,20)21)11-22-16(15)24-23-10-12-1-3-14(4-2-12)25-5-7-26-8-6-25/h1-4,9-11H,5-8H2,(H,22,24)/b23-10+. The molecule has 0 unspecified atom stereocenters. The lowest BCUT2D eigenvalue weighted by molar-refractivity contribution is -0.137. The first kappa shape index (κ1) is 18.5. The minimum absolute atomic E-state index is 0.0563. The van der Waals surface area contributed by atoms with Crippen molar-refractivity contribution in [2.75, 3.05) is 36.6 Å². The van der Waals surface area contributed by atoms with Gasteiger partial charge in [-0.1, -0.05) is 23.7 Å². The predicted octanol–water partition coefficient (Wildman–Crippen LogP) is 4.04. The Hall–Kier alpha value is -2.32. The molecular weight excluding hydrogens is 369 g/mol. The molecule has 0 atom stereocenters. The van der Waals surface area contributed by atoms with Gasteiger partial charge in [0.15, 0.2) is 5.82 Å². The van der Waals surface area contributed by atoms with Crippen molar-refractivity contribution < 1.29 is 17.9 Å². The van der Waals surface area contributed by atoms with Crippen LogP contribution < -0.4 is 10.3 Å². The molecule has 3 rings (SSSR count). The van der Waals surface area contributed by atoms with E-state index in [1.165, 1.54) is 0 Å². The number of anilines is 2. The van der Waals surface area contributed by atoms with Crippen LogP contribution in [0, 0.1) is 0 Å². The highest BCUT2D eigenvalue weighted by Gasteiger charge is 2.31. The smallest absolute Gasteiger partial charge is 0.378 e. The summed E-state index contributed by atoms with van der Waals surface area (Å²) in [7, 11) is 0. The second kappa shape index (κ2) is 7.92. The van der Waals surface area contributed by atoms with Crippen molar-refractivity contribution in [2.45, 2.75) is 6.18 Å². The Bertz CT molecular complexity index is 775. The number of hydrogen-bond acceptors (Lipinski definition) is 5. The molecule has 1 N–H and O–H groups in total. The number of nitrogens with one attached hydrogen (secondary N) is 1. The average molecular weight is 385 g/mol. The molecule has 0 amide bonds. The Labute approximate surface area is 153 Å². The quantitative estimate of drug-likeness (QED) is 0.638. The van der Waals surface area contributed by atoms with Gasteiger partial charge in [-0.3, -0.25) is 5.43 Å². The molecule has 0 saturated carbocycles. The van der Waals surface area contributed by atoms with Crippen LogP contribution in [0.1, 0.15) is 11.1 Å². The monoisotopic (exact) mass is 384 g/mol. The molecule has 138 valence electrons. The number of alkyl halides is 3. The van der Waals surface area contributed by atoms with Gasteiger partial charge in [-0.15, -0.1) is 0 Å². The minimum Gasteiger partial charge on any atom is -0.378 e. The highest BCUT2D eigenvalue weighted by molar-refractivity contribution is 6.32. The fourth-order valence-electron chi connectivity index (χ4n) is 2.44. The lowest BCUT2D eigenvalue weighted by Gasteiger charge is -2.28. The number of rotatable bonds is 4. The van der Waals surface area contributed by atoms with E-state index in [1.807, 2.05) is 24.3 Å². The summed E-state index contributed by atoms with van der Waals surface area (Å²) in [6.45, 7) is 3.14. The molecule has 1 fully saturated rings. The summed E-state index contributed by atoms with van der Waals surface area (Å²) in [6.07, 6.45) is -2.24. The van der Waals surface area contributed by atoms with Gasteiger partial charge in [-0.05, 0) is 23.8 Å². The molecule has 0 radical (unpaired) electrons. The zero-order valence-corrected chi connectivity index (χ0v) is 14.4. The molecule has 5 nitrogen and oxygen atoms in total. The number of hydrogen-bond donors (Lipinski definition) is 1. The van der Waals surface area contributed by atoms with Gasteiger partial charge in [0.1, 0.15) is 0 Å². The van der Waals surface area contributed by atoms with Gasteiger partial charge in [0.25, 0.3) is 0 Å². The highest BCUT2D eigenvalue weighted by atomic mass is 35.5. The van der Waals surface area contributed by atoms with Gasteiger partial charge in [-0.25, -0.2) is 4.98 Å². The van der Waals surface area contributed by atoms with Crippen LogP contribution in [0.25, 0.3) is 0 Å². The van der Waals surface area contributed by atoms with Crippen molar-refractivity contribution in [3.63, 3.8) is 0 Å². The molecule has 1 aromatic carbocycles. The van der Waals surface area contributed by atoms with Gasteiger partial charge in [-0.2, -0.15) is 18.3 Å². The zero-order chi connectivity index (χ0) is 18.6. The number of aromatic nitrogens is 1. The molecule has 9 heteroatoms. The Morgan fingerprint density at radius 2 is 1.88 bits per heavy atom. The second-order valence-corrected chi connectivity index (χ2v) is 6.02. The molecule has 0 aliphatic carbocycles. The number of benzene rings is 1. The third kappa shape index (κ3) is 4.64. The molecule has 2 heterocycles. The Balaban J connectivity index is 1.61. The first-order valence-electron chi connectivity index (χ1n) is 7.88. The Morgan fingerprint density at radius 3 is 2.50 bits per heavy atom. The third-order valence-corrected chi connectivity index (χ3v) is 4.11. The zero-order valence-electron chi connectivity index (χ0n) is 13.6. The van der Waals surface area contributed by atoms with Crippen LogP contribution in [0.3, 0.4) is 0 Å². The summed E-state index contributed by atoms with van der Waals surface area (Å²) in [5.74, 6) is 0.0563. The van der Waals surface area contributed by atoms with E-state index in [9.17, 15) is 13.2 Å². The van der Waals surface area contributed by atoms with Crippen LogP contribution in [0.4, 0.5) is 24.7 Å². The van der Waals surface area contributed by atoms with Crippen molar-refractivity contribution in [1.82, 2.24) is 4.98 Å². The van der Waals surface area contributed by atoms with Crippen molar-refractivity contribution in [3.05, 3.63) is 52.7 Å². The molecule has 26 heavy (non-hydrogen) atoms. The number of morpholine rings is 1. The summed E-state index contributed by atoms with van der Waals surface area (Å²) in [5, 5.41) is 3.82. The van der Waals surface area contributed by atoms with Crippen LogP contribution in [-0.4, -0.2) is 37.5 Å². The topological polar surface area (TPSA) is 49.8 Å². The average Bonchev–Trinajstić information content (AvgIpc) is 2.63. The van der Waals surface area contributed by atoms with Gasteiger partial charge < -0.3 is 9.64 Å². The second-order valence-electron chi connectivity index (χ2n) is 5.61. The summed E-state index contributed by atoms with van der Waals surface area (Å²) in [6, 6.07) is 8.57. The lowest BCUT2D eigenvalue weighted by atomic mass is 10.2. The number of pyridine rings is 1. The first-order chi connectivity index (χ1) is 12.4. The van der Waals surface area contributed by atoms with Crippen LogP contribution >= 0.6 is 11.6 Å². The van der Waals surface area contributed by atoms with E-state index in [4.69, 9.17) is 16.3 Å². The number of halogens is 4. The van der Waals surface area contributed by atoms with Crippen LogP contribution in [0.5, 0.6) is 0 Å². The molecular formula is C17H16ClF3N4O. The van der Waals surface area contributed by atoms with Gasteiger partial charge >= 0.3 is 6.18 Å². The van der Waals surface area contributed by atoms with E-state index in [2.05, 4.69) is 20.4 Å². The number of ether oxygens (including phenoxy) is 1. The van der Waals surface area contributed by atoms with Crippen molar-refractivity contribution in [2.24, 2.45) is 5.10 Å². The fourth-order valence-corrected chi connectivity index (χ4v) is 2.64. The Kier molecular flexibility index (Phi) is 5.63. The molecule has 0 spiro atoms. The molecule has 1 aromatic heterocycles. The predicted molar refractivity (Wildman–Crippen MR) is 94.9 cm³/mol. The molecule has 1 aliphatic rings. The summed E-state index contributed by atoms with van der Waals surface area (Å²) < 4.78 is 43.1. The van der Waals surface area contributed by atoms with Crippen LogP contribution in [-0.2, 0) is 10.9 Å². The largest absolute Gasteiger partial charge is 0.417 e. The molecule has 1 saturated heterocycles. The van der Waals surface area contributed by atoms with Crippen molar-refractivity contribution in [1.29, 1.82) is 0 Å². The van der Waals surface area contributed by atoms with Crippen molar-refractivity contribution in [3.8, 4) is 0 Å². The van der Waals surface area contributed by atoms with Gasteiger partial charge in [0.2, 0.25) is 0 Å². The summed E-state index contributed by atoms with van der Waals surface area (Å²) >= 11 is 5.81. The normalized spacial score (nSPS) is 15.5. The maximum absolute atomic E-state index is 12.6. The first-order valence-corrected chi connectivity index (χ1v) is 8.26. The highest BCUT2D eigenvalue weighted by Crippen LogP contribution is 2.32. The SMILES string of the molecule is FC(F)(F)c1cnc(N/N=C/c2ccc(N3CCOCC3)cc2)c(Cl)c1. The maximum atomic E-state index is 12.6. The van der Waals surface area contributed by atoms with E-state index in [-0.39, 0.29) is 10.8 Å². The summed E-state index contributed by atoms with van der Waals surface area (Å²) in [4.78, 5) is 5.89. The molecule has 1 aliphatic heterocycles. The van der Waals surface area contributed by atoms with Gasteiger partial charge in [0.05, 0.1) is 30.0 Å².